The number of hydrogen-bond acceptors (Lipinski definition) is 2. The van der Waals surface area contributed by atoms with Crippen molar-refractivity contribution in [1.82, 2.24) is 9.38 Å². The fraction of sp³-hybridized carbons (Fsp3) is 0.385. The van der Waals surface area contributed by atoms with Crippen molar-refractivity contribution in [3.63, 3.8) is 0 Å². The highest BCUT2D eigenvalue weighted by atomic mass is 16.4. The van der Waals surface area contributed by atoms with Crippen molar-refractivity contribution in [3.05, 3.63) is 35.9 Å². The van der Waals surface area contributed by atoms with E-state index in [0.717, 1.165) is 16.9 Å². The predicted molar refractivity (Wildman–Crippen MR) is 63.1 cm³/mol. The molecule has 0 atom stereocenters. The molecule has 4 nitrogen and oxygen atoms in total. The predicted octanol–water partition coefficient (Wildman–Crippen LogP) is 2.23. The van der Waals surface area contributed by atoms with Crippen LogP contribution in [0.15, 0.2) is 24.5 Å². The molecule has 0 aromatic carbocycles. The van der Waals surface area contributed by atoms with Crippen LogP contribution in [0.4, 0.5) is 0 Å². The molecule has 1 saturated carbocycles. The van der Waals surface area contributed by atoms with E-state index in [0.29, 0.717) is 5.92 Å². The van der Waals surface area contributed by atoms with Crippen molar-refractivity contribution < 1.29 is 9.90 Å². The largest absolute Gasteiger partial charge is 0.481 e. The quantitative estimate of drug-likeness (QED) is 0.879. The van der Waals surface area contributed by atoms with E-state index < -0.39 is 5.97 Å². The molecule has 88 valence electrons. The highest BCUT2D eigenvalue weighted by Gasteiger charge is 2.23. The minimum absolute atomic E-state index is 0.0677. The lowest BCUT2D eigenvalue weighted by molar-refractivity contribution is -0.136. The van der Waals surface area contributed by atoms with Crippen LogP contribution in [-0.2, 0) is 11.2 Å². The Hall–Kier alpha value is -1.84. The maximum atomic E-state index is 10.7. The van der Waals surface area contributed by atoms with Gasteiger partial charge in [-0.1, -0.05) is 12.5 Å². The van der Waals surface area contributed by atoms with Gasteiger partial charge in [0.25, 0.3) is 0 Å². The van der Waals surface area contributed by atoms with Crippen molar-refractivity contribution in [2.45, 2.75) is 31.6 Å². The molecule has 2 aromatic rings. The Balaban J connectivity index is 2.02. The van der Waals surface area contributed by atoms with Gasteiger partial charge in [-0.15, -0.1) is 0 Å². The normalized spacial score (nSPS) is 16.0. The van der Waals surface area contributed by atoms with Gasteiger partial charge in [-0.05, 0) is 24.5 Å². The van der Waals surface area contributed by atoms with Gasteiger partial charge in [0, 0.05) is 12.1 Å². The smallest absolute Gasteiger partial charge is 0.307 e. The van der Waals surface area contributed by atoms with E-state index in [1.54, 1.807) is 0 Å². The number of pyridine rings is 1. The first-order valence-corrected chi connectivity index (χ1v) is 5.92. The first-order chi connectivity index (χ1) is 8.24. The molecule has 2 aromatic heterocycles. The number of fused-ring (bicyclic) bond motifs is 1. The van der Waals surface area contributed by atoms with Crippen LogP contribution >= 0.6 is 0 Å². The topological polar surface area (TPSA) is 54.6 Å². The molecule has 0 unspecified atom stereocenters. The highest BCUT2D eigenvalue weighted by Crippen LogP contribution is 2.35. The van der Waals surface area contributed by atoms with Crippen LogP contribution in [0.5, 0.6) is 0 Å². The van der Waals surface area contributed by atoms with Crippen LogP contribution in [-0.4, -0.2) is 20.5 Å². The summed E-state index contributed by atoms with van der Waals surface area (Å²) < 4.78 is 2.04. The highest BCUT2D eigenvalue weighted by molar-refractivity contribution is 5.70. The van der Waals surface area contributed by atoms with Gasteiger partial charge >= 0.3 is 5.97 Å². The molecule has 2 heterocycles. The van der Waals surface area contributed by atoms with E-state index in [1.807, 2.05) is 28.9 Å². The van der Waals surface area contributed by atoms with E-state index in [-0.39, 0.29) is 6.42 Å². The molecule has 0 saturated heterocycles. The molecule has 3 rings (SSSR count). The van der Waals surface area contributed by atoms with Crippen LogP contribution in [0.3, 0.4) is 0 Å². The maximum Gasteiger partial charge on any atom is 0.307 e. The second kappa shape index (κ2) is 3.87. The number of hydrogen-bond donors (Lipinski definition) is 1. The first kappa shape index (κ1) is 10.3. The fourth-order valence-corrected chi connectivity index (χ4v) is 2.30. The summed E-state index contributed by atoms with van der Waals surface area (Å²) in [5, 5.41) is 8.80. The minimum atomic E-state index is -0.797. The summed E-state index contributed by atoms with van der Waals surface area (Å²) in [6.07, 6.45) is 7.50. The second-order valence-corrected chi connectivity index (χ2v) is 4.65. The zero-order valence-electron chi connectivity index (χ0n) is 9.47. The van der Waals surface area contributed by atoms with E-state index in [9.17, 15) is 4.79 Å². The Morgan fingerprint density at radius 2 is 2.29 bits per heavy atom. The Labute approximate surface area is 98.9 Å². The summed E-state index contributed by atoms with van der Waals surface area (Å²) in [7, 11) is 0. The average Bonchev–Trinajstić information content (AvgIpc) is 2.58. The van der Waals surface area contributed by atoms with Crippen molar-refractivity contribution in [1.29, 1.82) is 0 Å². The summed E-state index contributed by atoms with van der Waals surface area (Å²) in [5.74, 6) is 0.839. The molecule has 0 aliphatic heterocycles. The molecule has 1 N–H and O–H groups in total. The van der Waals surface area contributed by atoms with E-state index in [4.69, 9.17) is 5.11 Å². The number of imidazole rings is 1. The van der Waals surface area contributed by atoms with Gasteiger partial charge in [0.05, 0.1) is 18.1 Å². The molecular formula is C13H14N2O2. The lowest BCUT2D eigenvalue weighted by atomic mass is 9.85. The van der Waals surface area contributed by atoms with Crippen LogP contribution in [0.1, 0.15) is 36.6 Å². The van der Waals surface area contributed by atoms with Gasteiger partial charge in [0.2, 0.25) is 0 Å². The Kier molecular flexibility index (Phi) is 2.35. The molecule has 0 spiro atoms. The summed E-state index contributed by atoms with van der Waals surface area (Å²) in [6, 6.07) is 3.79. The maximum absolute atomic E-state index is 10.7. The molecular weight excluding hydrogens is 216 g/mol. The molecule has 1 aliphatic carbocycles. The zero-order chi connectivity index (χ0) is 11.8. The number of aromatic nitrogens is 2. The third-order valence-electron chi connectivity index (χ3n) is 3.44. The standard InChI is InChI=1S/C13H14N2O2/c16-12(17)6-9-4-5-11-7-14-13(15(11)8-9)10-2-1-3-10/h4-5,7-8,10H,1-3,6H2,(H,16,17). The van der Waals surface area contributed by atoms with Gasteiger partial charge in [-0.3, -0.25) is 4.79 Å². The third-order valence-corrected chi connectivity index (χ3v) is 3.44. The second-order valence-electron chi connectivity index (χ2n) is 4.65. The molecule has 17 heavy (non-hydrogen) atoms. The number of aliphatic carboxylic acids is 1. The number of rotatable bonds is 3. The van der Waals surface area contributed by atoms with Gasteiger partial charge < -0.3 is 9.51 Å². The van der Waals surface area contributed by atoms with Crippen LogP contribution in [0.25, 0.3) is 5.52 Å². The molecule has 1 fully saturated rings. The lowest BCUT2D eigenvalue weighted by Gasteiger charge is -2.24. The van der Waals surface area contributed by atoms with Crippen molar-refractivity contribution in [2.24, 2.45) is 0 Å². The fourth-order valence-electron chi connectivity index (χ4n) is 2.30. The summed E-state index contributed by atoms with van der Waals surface area (Å²) in [6.45, 7) is 0. The van der Waals surface area contributed by atoms with E-state index in [2.05, 4.69) is 4.98 Å². The SMILES string of the molecule is O=C(O)Cc1ccc2cnc(C3CCC3)n2c1. The monoisotopic (exact) mass is 230 g/mol. The molecule has 0 radical (unpaired) electrons. The summed E-state index contributed by atoms with van der Waals surface area (Å²) in [4.78, 5) is 15.2. The van der Waals surface area contributed by atoms with E-state index >= 15 is 0 Å². The molecule has 4 heteroatoms. The third kappa shape index (κ3) is 1.79. The van der Waals surface area contributed by atoms with Gasteiger partial charge in [0.15, 0.2) is 0 Å². The van der Waals surface area contributed by atoms with Crippen molar-refractivity contribution in [3.8, 4) is 0 Å². The summed E-state index contributed by atoms with van der Waals surface area (Å²) in [5.41, 5.74) is 1.87. The first-order valence-electron chi connectivity index (χ1n) is 5.92. The number of nitrogens with zero attached hydrogens (tertiary/aromatic N) is 2. The number of carbonyl (C=O) groups is 1. The zero-order valence-corrected chi connectivity index (χ0v) is 9.47. The molecule has 0 bridgehead atoms. The van der Waals surface area contributed by atoms with Crippen LogP contribution < -0.4 is 0 Å². The Morgan fingerprint density at radius 1 is 1.47 bits per heavy atom. The lowest BCUT2D eigenvalue weighted by Crippen LogP contribution is -2.12. The minimum Gasteiger partial charge on any atom is -0.481 e. The van der Waals surface area contributed by atoms with Gasteiger partial charge in [0.1, 0.15) is 5.82 Å². The van der Waals surface area contributed by atoms with Crippen LogP contribution in [0, 0.1) is 0 Å². The Bertz CT molecular complexity index is 570. The van der Waals surface area contributed by atoms with Crippen LogP contribution in [0.2, 0.25) is 0 Å². The number of carboxylic acids is 1. The van der Waals surface area contributed by atoms with Crippen molar-refractivity contribution in [2.75, 3.05) is 0 Å². The summed E-state index contributed by atoms with van der Waals surface area (Å²) >= 11 is 0. The molecule has 0 amide bonds. The number of carboxylic acid groups (broad SMARTS) is 1. The van der Waals surface area contributed by atoms with E-state index in [1.165, 1.54) is 19.3 Å². The van der Waals surface area contributed by atoms with Gasteiger partial charge in [-0.25, -0.2) is 4.98 Å². The molecule has 1 aliphatic rings. The van der Waals surface area contributed by atoms with Crippen molar-refractivity contribution >= 4 is 11.5 Å². The van der Waals surface area contributed by atoms with Gasteiger partial charge in [-0.2, -0.15) is 0 Å². The Morgan fingerprint density at radius 3 is 2.94 bits per heavy atom. The average molecular weight is 230 g/mol.